The van der Waals surface area contributed by atoms with Gasteiger partial charge in [-0.1, -0.05) is 18.2 Å². The van der Waals surface area contributed by atoms with Gasteiger partial charge in [-0.05, 0) is 13.0 Å². The average molecular weight is 340 g/mol. The smallest absolute Gasteiger partial charge is 0.257 e. The zero-order valence-corrected chi connectivity index (χ0v) is 14.1. The highest BCUT2D eigenvalue weighted by molar-refractivity contribution is 5.86. The molecule has 2 rings (SSSR count). The van der Waals surface area contributed by atoms with Crippen molar-refractivity contribution < 1.29 is 23.8 Å². The molecule has 1 aromatic carbocycles. The summed E-state index contributed by atoms with van der Waals surface area (Å²) < 4.78 is 24.7. The van der Waals surface area contributed by atoms with Crippen molar-refractivity contribution in [1.29, 1.82) is 0 Å². The van der Waals surface area contributed by atoms with Crippen molar-refractivity contribution in [2.24, 2.45) is 0 Å². The first-order chi connectivity index (χ1) is 11.5. The molecular formula is C17H25FN2O4. The van der Waals surface area contributed by atoms with Crippen molar-refractivity contribution in [3.05, 3.63) is 35.6 Å². The van der Waals surface area contributed by atoms with Crippen LogP contribution >= 0.6 is 0 Å². The van der Waals surface area contributed by atoms with Crippen LogP contribution in [0, 0.1) is 5.82 Å². The number of nitrogens with zero attached hydrogens (tertiary/aromatic N) is 1. The van der Waals surface area contributed by atoms with E-state index in [4.69, 9.17) is 9.47 Å². The number of amides is 1. The number of nitrogens with one attached hydrogen (secondary N) is 1. The molecule has 2 N–H and O–H groups in total. The summed E-state index contributed by atoms with van der Waals surface area (Å²) in [6.07, 6.45) is 0. The molecule has 0 radical (unpaired) electrons. The molecule has 1 aliphatic rings. The monoisotopic (exact) mass is 340 g/mol. The zero-order chi connectivity index (χ0) is 17.6. The molecule has 24 heavy (non-hydrogen) atoms. The van der Waals surface area contributed by atoms with Crippen LogP contribution in [0.15, 0.2) is 24.3 Å². The lowest BCUT2D eigenvalue weighted by molar-refractivity contribution is -0.144. The van der Waals surface area contributed by atoms with E-state index >= 15 is 0 Å². The normalized spacial score (nSPS) is 19.5. The van der Waals surface area contributed by atoms with E-state index in [9.17, 15) is 14.3 Å². The molecule has 1 heterocycles. The minimum absolute atomic E-state index is 0.160. The quantitative estimate of drug-likeness (QED) is 0.756. The number of hydrogen-bond donors (Lipinski definition) is 2. The first kappa shape index (κ1) is 18.8. The van der Waals surface area contributed by atoms with Gasteiger partial charge < -0.3 is 19.9 Å². The van der Waals surface area contributed by atoms with Crippen molar-refractivity contribution in [3.63, 3.8) is 0 Å². The Morgan fingerprint density at radius 2 is 2.12 bits per heavy atom. The second kappa shape index (κ2) is 8.53. The highest BCUT2D eigenvalue weighted by Gasteiger charge is 2.38. The molecule has 0 aromatic heterocycles. The lowest BCUT2D eigenvalue weighted by Crippen LogP contribution is -2.53. The Morgan fingerprint density at radius 1 is 1.46 bits per heavy atom. The summed E-state index contributed by atoms with van der Waals surface area (Å²) in [5, 5.41) is 12.3. The molecule has 2 atom stereocenters. The van der Waals surface area contributed by atoms with Gasteiger partial charge in [0.05, 0.1) is 25.9 Å². The fraction of sp³-hybridized carbons (Fsp3) is 0.588. The van der Waals surface area contributed by atoms with Crippen LogP contribution in [0.5, 0.6) is 0 Å². The summed E-state index contributed by atoms with van der Waals surface area (Å²) in [7, 11) is 1.36. The highest BCUT2D eigenvalue weighted by atomic mass is 19.1. The van der Waals surface area contributed by atoms with E-state index in [1.54, 1.807) is 12.1 Å². The van der Waals surface area contributed by atoms with Gasteiger partial charge in [-0.15, -0.1) is 0 Å². The molecule has 1 fully saturated rings. The number of carbonyl (C=O) groups excluding carboxylic acids is 1. The Kier molecular flexibility index (Phi) is 6.68. The standard InChI is InChI=1S/C17H25FN2O4/c1-17(23-2,14-5-3-4-6-15(14)18)16(22)19-13(12-21)11-20-7-9-24-10-8-20/h3-6,13,21H,7-12H2,1-2H3,(H,19,22)/t13-,17-/m0/s1. The third-order valence-corrected chi connectivity index (χ3v) is 4.37. The van der Waals surface area contributed by atoms with Crippen LogP contribution in [0.2, 0.25) is 0 Å². The maximum absolute atomic E-state index is 14.1. The van der Waals surface area contributed by atoms with Crippen molar-refractivity contribution in [3.8, 4) is 0 Å². The largest absolute Gasteiger partial charge is 0.394 e. The van der Waals surface area contributed by atoms with Gasteiger partial charge in [-0.25, -0.2) is 4.39 Å². The fourth-order valence-electron chi connectivity index (χ4n) is 2.74. The van der Waals surface area contributed by atoms with Gasteiger partial charge in [0.1, 0.15) is 5.82 Å². The number of morpholine rings is 1. The Balaban J connectivity index is 2.08. The molecule has 6 nitrogen and oxygen atoms in total. The number of methoxy groups -OCH3 is 1. The molecule has 1 aliphatic heterocycles. The van der Waals surface area contributed by atoms with Crippen LogP contribution in [-0.4, -0.2) is 68.5 Å². The van der Waals surface area contributed by atoms with E-state index in [1.807, 2.05) is 0 Å². The Labute approximate surface area is 141 Å². The second-order valence-corrected chi connectivity index (χ2v) is 5.98. The van der Waals surface area contributed by atoms with Crippen molar-refractivity contribution in [2.45, 2.75) is 18.6 Å². The number of rotatable bonds is 7. The summed E-state index contributed by atoms with van der Waals surface area (Å²) >= 11 is 0. The van der Waals surface area contributed by atoms with Crippen LogP contribution in [0.4, 0.5) is 4.39 Å². The Bertz CT molecular complexity index is 551. The summed E-state index contributed by atoms with van der Waals surface area (Å²) in [5.41, 5.74) is -1.31. The van der Waals surface area contributed by atoms with Crippen molar-refractivity contribution in [1.82, 2.24) is 10.2 Å². The predicted molar refractivity (Wildman–Crippen MR) is 87.0 cm³/mol. The molecule has 0 saturated carbocycles. The zero-order valence-electron chi connectivity index (χ0n) is 14.1. The SMILES string of the molecule is CO[C@](C)(C(=O)N[C@H](CO)CN1CCOCC1)c1ccccc1F. The number of aliphatic hydroxyl groups is 1. The summed E-state index contributed by atoms with van der Waals surface area (Å²) in [4.78, 5) is 14.8. The van der Waals surface area contributed by atoms with Crippen LogP contribution < -0.4 is 5.32 Å². The molecule has 1 aromatic rings. The van der Waals surface area contributed by atoms with Crippen LogP contribution in [0.25, 0.3) is 0 Å². The third kappa shape index (κ3) is 4.30. The van der Waals surface area contributed by atoms with Gasteiger partial charge in [0.2, 0.25) is 0 Å². The first-order valence-electron chi connectivity index (χ1n) is 8.03. The first-order valence-corrected chi connectivity index (χ1v) is 8.03. The predicted octanol–water partition coefficient (Wildman–Crippen LogP) is 0.497. The molecule has 0 aliphatic carbocycles. The molecule has 0 bridgehead atoms. The lowest BCUT2D eigenvalue weighted by Gasteiger charge is -2.33. The van der Waals surface area contributed by atoms with Crippen molar-refractivity contribution >= 4 is 5.91 Å². The molecule has 7 heteroatoms. The number of hydrogen-bond acceptors (Lipinski definition) is 5. The maximum Gasteiger partial charge on any atom is 0.257 e. The van der Waals surface area contributed by atoms with Gasteiger partial charge in [-0.2, -0.15) is 0 Å². The number of benzene rings is 1. The van der Waals surface area contributed by atoms with Crippen LogP contribution in [0.3, 0.4) is 0 Å². The van der Waals surface area contributed by atoms with E-state index in [0.717, 1.165) is 13.1 Å². The van der Waals surface area contributed by atoms with E-state index in [1.165, 1.54) is 26.2 Å². The molecule has 0 spiro atoms. The molecular weight excluding hydrogens is 315 g/mol. The molecule has 1 amide bonds. The van der Waals surface area contributed by atoms with E-state index in [-0.39, 0.29) is 12.2 Å². The number of ether oxygens (including phenoxy) is 2. The summed E-state index contributed by atoms with van der Waals surface area (Å²) in [6, 6.07) is 5.56. The molecule has 134 valence electrons. The Hall–Kier alpha value is -1.54. The van der Waals surface area contributed by atoms with E-state index in [2.05, 4.69) is 10.2 Å². The molecule has 0 unspecified atom stereocenters. The number of halogens is 1. The summed E-state index contributed by atoms with van der Waals surface area (Å²) in [5.74, 6) is -0.992. The lowest BCUT2D eigenvalue weighted by atomic mass is 9.93. The van der Waals surface area contributed by atoms with Crippen LogP contribution in [0.1, 0.15) is 12.5 Å². The van der Waals surface area contributed by atoms with Gasteiger partial charge in [0.25, 0.3) is 5.91 Å². The summed E-state index contributed by atoms with van der Waals surface area (Å²) in [6.45, 7) is 4.59. The van der Waals surface area contributed by atoms with Gasteiger partial charge in [-0.3, -0.25) is 9.69 Å². The number of aliphatic hydroxyl groups excluding tert-OH is 1. The van der Waals surface area contributed by atoms with E-state index in [0.29, 0.717) is 19.8 Å². The van der Waals surface area contributed by atoms with Gasteiger partial charge in [0, 0.05) is 32.3 Å². The molecule has 1 saturated heterocycles. The van der Waals surface area contributed by atoms with Gasteiger partial charge >= 0.3 is 0 Å². The minimum atomic E-state index is -1.47. The van der Waals surface area contributed by atoms with Gasteiger partial charge in [0.15, 0.2) is 5.60 Å². The Morgan fingerprint density at radius 3 is 2.71 bits per heavy atom. The topological polar surface area (TPSA) is 71.0 Å². The average Bonchev–Trinajstić information content (AvgIpc) is 2.61. The highest BCUT2D eigenvalue weighted by Crippen LogP contribution is 2.27. The minimum Gasteiger partial charge on any atom is -0.394 e. The third-order valence-electron chi connectivity index (χ3n) is 4.37. The second-order valence-electron chi connectivity index (χ2n) is 5.98. The van der Waals surface area contributed by atoms with Crippen LogP contribution in [-0.2, 0) is 19.9 Å². The van der Waals surface area contributed by atoms with Crippen molar-refractivity contribution in [2.75, 3.05) is 46.6 Å². The number of carbonyl (C=O) groups is 1. The fourth-order valence-corrected chi connectivity index (χ4v) is 2.74. The van der Waals surface area contributed by atoms with E-state index < -0.39 is 23.4 Å². The maximum atomic E-state index is 14.1.